The van der Waals surface area contributed by atoms with Crippen LogP contribution in [0.5, 0.6) is 0 Å². The molecule has 3 rings (SSSR count). The van der Waals surface area contributed by atoms with Gasteiger partial charge in [-0.05, 0) is 30.2 Å². The van der Waals surface area contributed by atoms with Gasteiger partial charge in [0.25, 0.3) is 0 Å². The van der Waals surface area contributed by atoms with E-state index in [9.17, 15) is 5.11 Å². The number of aliphatic hydroxyl groups excluding tert-OH is 1. The number of anilines is 1. The van der Waals surface area contributed by atoms with E-state index in [4.69, 9.17) is 11.6 Å². The predicted octanol–water partition coefficient (Wildman–Crippen LogP) is 2.94. The maximum atomic E-state index is 9.71. The van der Waals surface area contributed by atoms with Gasteiger partial charge in [-0.3, -0.25) is 4.90 Å². The standard InChI is InChI=1S/C18H22ClN3O/c1-21-17(13-23)8-10-22(11-14-4-6-16(19)7-5-14)12-15-3-2-9-20-18(15)21/h2-7,9,17,23H,8,10-13H2,1H3/t17-/m0/s1. The minimum Gasteiger partial charge on any atom is -0.394 e. The third-order valence-corrected chi connectivity index (χ3v) is 4.70. The van der Waals surface area contributed by atoms with Crippen LogP contribution in [0.15, 0.2) is 42.6 Å². The largest absolute Gasteiger partial charge is 0.394 e. The van der Waals surface area contributed by atoms with Crippen LogP contribution in [0, 0.1) is 0 Å². The summed E-state index contributed by atoms with van der Waals surface area (Å²) in [4.78, 5) is 9.03. The molecule has 0 spiro atoms. The molecule has 0 radical (unpaired) electrons. The number of aliphatic hydroxyl groups is 1. The smallest absolute Gasteiger partial charge is 0.133 e. The maximum Gasteiger partial charge on any atom is 0.133 e. The van der Waals surface area contributed by atoms with Gasteiger partial charge in [0.1, 0.15) is 5.82 Å². The monoisotopic (exact) mass is 331 g/mol. The summed E-state index contributed by atoms with van der Waals surface area (Å²) in [6, 6.07) is 12.2. The van der Waals surface area contributed by atoms with E-state index in [2.05, 4.69) is 33.0 Å². The molecule has 1 aliphatic heterocycles. The first-order valence-corrected chi connectivity index (χ1v) is 8.29. The van der Waals surface area contributed by atoms with Gasteiger partial charge in [0, 0.05) is 43.5 Å². The van der Waals surface area contributed by atoms with Crippen molar-refractivity contribution < 1.29 is 5.11 Å². The third-order valence-electron chi connectivity index (χ3n) is 4.45. The van der Waals surface area contributed by atoms with Crippen molar-refractivity contribution in [1.82, 2.24) is 9.88 Å². The zero-order chi connectivity index (χ0) is 16.2. The Balaban J connectivity index is 1.83. The van der Waals surface area contributed by atoms with Crippen molar-refractivity contribution in [1.29, 1.82) is 0 Å². The van der Waals surface area contributed by atoms with E-state index in [0.717, 1.165) is 36.9 Å². The highest BCUT2D eigenvalue weighted by Gasteiger charge is 2.23. The molecule has 0 bridgehead atoms. The summed E-state index contributed by atoms with van der Waals surface area (Å²) >= 11 is 5.97. The lowest BCUT2D eigenvalue weighted by atomic mass is 10.1. The summed E-state index contributed by atoms with van der Waals surface area (Å²) < 4.78 is 0. The Morgan fingerprint density at radius 3 is 2.78 bits per heavy atom. The summed E-state index contributed by atoms with van der Waals surface area (Å²) in [6.45, 7) is 2.80. The Labute approximate surface area is 142 Å². The lowest BCUT2D eigenvalue weighted by Crippen LogP contribution is -2.41. The van der Waals surface area contributed by atoms with Crippen LogP contribution in [0.2, 0.25) is 5.02 Å². The molecule has 5 heteroatoms. The SMILES string of the molecule is CN1c2ncccc2CN(Cc2ccc(Cl)cc2)CC[C@H]1CO. The van der Waals surface area contributed by atoms with Crippen LogP contribution < -0.4 is 4.90 Å². The maximum absolute atomic E-state index is 9.71. The highest BCUT2D eigenvalue weighted by molar-refractivity contribution is 6.30. The molecule has 1 aliphatic rings. The molecule has 23 heavy (non-hydrogen) atoms. The molecule has 1 N–H and O–H groups in total. The minimum atomic E-state index is 0.0941. The first-order chi connectivity index (χ1) is 11.2. The number of benzene rings is 1. The first kappa shape index (κ1) is 16.2. The van der Waals surface area contributed by atoms with Gasteiger partial charge in [-0.1, -0.05) is 29.8 Å². The number of aromatic nitrogens is 1. The fourth-order valence-corrected chi connectivity index (χ4v) is 3.21. The van der Waals surface area contributed by atoms with Gasteiger partial charge in [-0.2, -0.15) is 0 Å². The van der Waals surface area contributed by atoms with E-state index < -0.39 is 0 Å². The zero-order valence-electron chi connectivity index (χ0n) is 13.3. The molecule has 4 nitrogen and oxygen atoms in total. The van der Waals surface area contributed by atoms with Gasteiger partial charge in [-0.15, -0.1) is 0 Å². The van der Waals surface area contributed by atoms with E-state index in [-0.39, 0.29) is 12.6 Å². The lowest BCUT2D eigenvalue weighted by molar-refractivity contribution is 0.205. The van der Waals surface area contributed by atoms with Gasteiger partial charge in [0.2, 0.25) is 0 Å². The van der Waals surface area contributed by atoms with Crippen molar-refractivity contribution in [2.75, 3.05) is 25.1 Å². The molecule has 1 atom stereocenters. The molecule has 0 aliphatic carbocycles. The van der Waals surface area contributed by atoms with E-state index >= 15 is 0 Å². The Morgan fingerprint density at radius 1 is 1.26 bits per heavy atom. The van der Waals surface area contributed by atoms with Gasteiger partial charge < -0.3 is 10.0 Å². The quantitative estimate of drug-likeness (QED) is 0.938. The number of rotatable bonds is 3. The van der Waals surface area contributed by atoms with Crippen LogP contribution in [0.4, 0.5) is 5.82 Å². The van der Waals surface area contributed by atoms with E-state index in [1.165, 1.54) is 11.1 Å². The van der Waals surface area contributed by atoms with E-state index in [1.807, 2.05) is 31.4 Å². The molecule has 2 aromatic rings. The molecule has 0 fully saturated rings. The molecular weight excluding hydrogens is 310 g/mol. The van der Waals surface area contributed by atoms with Crippen molar-refractivity contribution >= 4 is 17.4 Å². The number of pyridine rings is 1. The van der Waals surface area contributed by atoms with Crippen molar-refractivity contribution in [2.45, 2.75) is 25.6 Å². The number of hydrogen-bond acceptors (Lipinski definition) is 4. The van der Waals surface area contributed by atoms with Gasteiger partial charge >= 0.3 is 0 Å². The second kappa shape index (κ2) is 7.30. The van der Waals surface area contributed by atoms with Crippen LogP contribution in [0.3, 0.4) is 0 Å². The number of halogens is 1. The van der Waals surface area contributed by atoms with Gasteiger partial charge in [0.05, 0.1) is 12.6 Å². The summed E-state index contributed by atoms with van der Waals surface area (Å²) in [5.74, 6) is 0.965. The summed E-state index contributed by atoms with van der Waals surface area (Å²) in [5, 5.41) is 10.5. The Hall–Kier alpha value is -1.62. The molecule has 0 unspecified atom stereocenters. The Morgan fingerprint density at radius 2 is 2.04 bits per heavy atom. The molecule has 0 saturated carbocycles. The number of nitrogens with zero attached hydrogens (tertiary/aromatic N) is 3. The fraction of sp³-hybridized carbons (Fsp3) is 0.389. The van der Waals surface area contributed by atoms with Crippen LogP contribution in [0.1, 0.15) is 17.5 Å². The van der Waals surface area contributed by atoms with Crippen molar-refractivity contribution in [2.24, 2.45) is 0 Å². The summed E-state index contributed by atoms with van der Waals surface area (Å²) in [7, 11) is 2.02. The number of hydrogen-bond donors (Lipinski definition) is 1. The van der Waals surface area contributed by atoms with E-state index in [0.29, 0.717) is 0 Å². The molecule has 2 heterocycles. The summed E-state index contributed by atoms with van der Waals surface area (Å²) in [6.07, 6.45) is 2.73. The summed E-state index contributed by atoms with van der Waals surface area (Å²) in [5.41, 5.74) is 2.44. The Kier molecular flexibility index (Phi) is 5.16. The van der Waals surface area contributed by atoms with Crippen LogP contribution in [-0.4, -0.2) is 41.2 Å². The lowest BCUT2D eigenvalue weighted by Gasteiger charge is -2.35. The van der Waals surface area contributed by atoms with Crippen molar-refractivity contribution in [3.05, 3.63) is 58.7 Å². The molecule has 122 valence electrons. The average molecular weight is 332 g/mol. The van der Waals surface area contributed by atoms with Gasteiger partial charge in [0.15, 0.2) is 0 Å². The second-order valence-electron chi connectivity index (χ2n) is 6.06. The first-order valence-electron chi connectivity index (χ1n) is 7.92. The fourth-order valence-electron chi connectivity index (χ4n) is 3.09. The normalized spacial score (nSPS) is 19.1. The molecule has 0 amide bonds. The van der Waals surface area contributed by atoms with Crippen molar-refractivity contribution in [3.8, 4) is 0 Å². The molecule has 1 aromatic heterocycles. The van der Waals surface area contributed by atoms with Crippen molar-refractivity contribution in [3.63, 3.8) is 0 Å². The van der Waals surface area contributed by atoms with Crippen LogP contribution in [0.25, 0.3) is 0 Å². The van der Waals surface area contributed by atoms with Gasteiger partial charge in [-0.25, -0.2) is 4.98 Å². The third kappa shape index (κ3) is 3.83. The molecule has 1 aromatic carbocycles. The topological polar surface area (TPSA) is 39.6 Å². The highest BCUT2D eigenvalue weighted by Crippen LogP contribution is 2.25. The number of likely N-dealkylation sites (N-methyl/N-ethyl adjacent to an activating group) is 1. The van der Waals surface area contributed by atoms with Crippen LogP contribution in [-0.2, 0) is 13.1 Å². The molecule has 0 saturated heterocycles. The minimum absolute atomic E-state index is 0.0941. The Bertz CT molecular complexity index is 647. The highest BCUT2D eigenvalue weighted by atomic mass is 35.5. The number of fused-ring (bicyclic) bond motifs is 1. The van der Waals surface area contributed by atoms with E-state index in [1.54, 1.807) is 0 Å². The average Bonchev–Trinajstić information content (AvgIpc) is 2.56. The predicted molar refractivity (Wildman–Crippen MR) is 93.7 cm³/mol. The second-order valence-corrected chi connectivity index (χ2v) is 6.50. The zero-order valence-corrected chi connectivity index (χ0v) is 14.1. The molecular formula is C18H22ClN3O. The van der Waals surface area contributed by atoms with Crippen LogP contribution >= 0.6 is 11.6 Å².